The number of phenolic OH excluding ortho intramolecular Hbond substituents is 1. The van der Waals surface area contributed by atoms with E-state index in [0.717, 1.165) is 27.8 Å². The van der Waals surface area contributed by atoms with E-state index in [4.69, 9.17) is 0 Å². The van der Waals surface area contributed by atoms with Gasteiger partial charge in [-0.05, 0) is 41.4 Å². The molecule has 0 aromatic heterocycles. The molecule has 0 aliphatic heterocycles. The van der Waals surface area contributed by atoms with Crippen molar-refractivity contribution in [3.05, 3.63) is 48.5 Å². The quantitative estimate of drug-likeness (QED) is 0.824. The SMILES string of the molecule is C[Si](C)(C)CCS(=O)c1ccc(-c2ccc(O)cc2)cc1. The van der Waals surface area contributed by atoms with Gasteiger partial charge in [0.05, 0.1) is 10.8 Å². The first kappa shape index (κ1) is 16.0. The van der Waals surface area contributed by atoms with E-state index in [2.05, 4.69) is 19.6 Å². The maximum absolute atomic E-state index is 12.3. The summed E-state index contributed by atoms with van der Waals surface area (Å²) in [5.74, 6) is 1.02. The highest BCUT2D eigenvalue weighted by Crippen LogP contribution is 2.23. The smallest absolute Gasteiger partial charge is 0.115 e. The standard InChI is InChI=1S/C17H22O2SSi/c1-21(2,3)13-12-20(19)17-10-6-15(7-11-17)14-4-8-16(18)9-5-14/h4-11,18H,12-13H2,1-3H3. The zero-order chi connectivity index (χ0) is 15.5. The van der Waals surface area contributed by atoms with E-state index in [1.54, 1.807) is 12.1 Å². The van der Waals surface area contributed by atoms with Crippen LogP contribution in [-0.2, 0) is 10.8 Å². The lowest BCUT2D eigenvalue weighted by Gasteiger charge is -2.15. The number of hydrogen-bond donors (Lipinski definition) is 1. The lowest BCUT2D eigenvalue weighted by Crippen LogP contribution is -2.22. The van der Waals surface area contributed by atoms with Gasteiger partial charge in [0.1, 0.15) is 5.75 Å². The minimum atomic E-state index is -1.14. The summed E-state index contributed by atoms with van der Waals surface area (Å²) in [6.45, 7) is 6.91. The topological polar surface area (TPSA) is 37.3 Å². The first-order valence-corrected chi connectivity index (χ1v) is 12.2. The average molecular weight is 319 g/mol. The highest BCUT2D eigenvalue weighted by molar-refractivity contribution is 7.85. The van der Waals surface area contributed by atoms with Crippen molar-refractivity contribution in [1.29, 1.82) is 0 Å². The molecule has 0 saturated carbocycles. The van der Waals surface area contributed by atoms with Gasteiger partial charge in [-0.15, -0.1) is 0 Å². The molecular weight excluding hydrogens is 296 g/mol. The predicted molar refractivity (Wildman–Crippen MR) is 93.0 cm³/mol. The summed E-state index contributed by atoms with van der Waals surface area (Å²) in [5.41, 5.74) is 2.12. The van der Waals surface area contributed by atoms with E-state index >= 15 is 0 Å². The highest BCUT2D eigenvalue weighted by atomic mass is 32.2. The van der Waals surface area contributed by atoms with Crippen LogP contribution in [0.4, 0.5) is 0 Å². The summed E-state index contributed by atoms with van der Waals surface area (Å²) < 4.78 is 12.3. The number of hydrogen-bond acceptors (Lipinski definition) is 2. The van der Waals surface area contributed by atoms with Gasteiger partial charge in [-0.25, -0.2) is 0 Å². The van der Waals surface area contributed by atoms with Crippen molar-refractivity contribution in [3.63, 3.8) is 0 Å². The van der Waals surface area contributed by atoms with Crippen LogP contribution in [0.1, 0.15) is 0 Å². The Morgan fingerprint density at radius 1 is 0.905 bits per heavy atom. The van der Waals surface area contributed by atoms with Gasteiger partial charge in [0.2, 0.25) is 0 Å². The van der Waals surface area contributed by atoms with Crippen LogP contribution in [0.2, 0.25) is 25.7 Å². The third-order valence-corrected chi connectivity index (χ3v) is 6.84. The fourth-order valence-electron chi connectivity index (χ4n) is 1.97. The van der Waals surface area contributed by atoms with Crippen LogP contribution in [0.3, 0.4) is 0 Å². The van der Waals surface area contributed by atoms with Crippen LogP contribution in [-0.4, -0.2) is 23.1 Å². The van der Waals surface area contributed by atoms with E-state index in [9.17, 15) is 9.32 Å². The first-order chi connectivity index (χ1) is 9.85. The molecule has 112 valence electrons. The average Bonchev–Trinajstić information content (AvgIpc) is 2.45. The molecular formula is C17H22O2SSi. The lowest BCUT2D eigenvalue weighted by atomic mass is 10.1. The Morgan fingerprint density at radius 3 is 1.86 bits per heavy atom. The largest absolute Gasteiger partial charge is 0.508 e. The molecule has 0 saturated heterocycles. The van der Waals surface area contributed by atoms with E-state index in [0.29, 0.717) is 0 Å². The Kier molecular flexibility index (Phi) is 5.01. The van der Waals surface area contributed by atoms with Gasteiger partial charge in [0.25, 0.3) is 0 Å². The van der Waals surface area contributed by atoms with Gasteiger partial charge < -0.3 is 5.11 Å². The third-order valence-electron chi connectivity index (χ3n) is 3.36. The van der Waals surface area contributed by atoms with Gasteiger partial charge in [0.15, 0.2) is 0 Å². The molecule has 0 amide bonds. The molecule has 0 radical (unpaired) electrons. The van der Waals surface area contributed by atoms with Gasteiger partial charge in [0, 0.05) is 18.7 Å². The molecule has 0 aliphatic rings. The molecule has 2 nitrogen and oxygen atoms in total. The van der Waals surface area contributed by atoms with Crippen molar-refractivity contribution < 1.29 is 9.32 Å². The van der Waals surface area contributed by atoms with Crippen molar-refractivity contribution >= 4 is 18.9 Å². The molecule has 0 aliphatic carbocycles. The summed E-state index contributed by atoms with van der Waals surface area (Å²) in [7, 11) is -2.04. The third kappa shape index (κ3) is 4.83. The number of phenols is 1. The van der Waals surface area contributed by atoms with Crippen molar-refractivity contribution in [2.75, 3.05) is 5.75 Å². The molecule has 0 fully saturated rings. The molecule has 1 unspecified atom stereocenters. The maximum Gasteiger partial charge on any atom is 0.115 e. The van der Waals surface area contributed by atoms with E-state index in [1.807, 2.05) is 36.4 Å². The Hall–Kier alpha value is -1.39. The Balaban J connectivity index is 2.08. The van der Waals surface area contributed by atoms with Crippen LogP contribution in [0.5, 0.6) is 5.75 Å². The van der Waals surface area contributed by atoms with Gasteiger partial charge in [-0.3, -0.25) is 4.21 Å². The number of aromatic hydroxyl groups is 1. The monoisotopic (exact) mass is 318 g/mol. The summed E-state index contributed by atoms with van der Waals surface area (Å²) in [6.07, 6.45) is 0. The zero-order valence-corrected chi connectivity index (χ0v) is 14.6. The van der Waals surface area contributed by atoms with Crippen molar-refractivity contribution in [1.82, 2.24) is 0 Å². The van der Waals surface area contributed by atoms with Gasteiger partial charge in [-0.2, -0.15) is 0 Å². The zero-order valence-electron chi connectivity index (χ0n) is 12.8. The first-order valence-electron chi connectivity index (χ1n) is 7.13. The Bertz CT molecular complexity index is 613. The predicted octanol–water partition coefficient (Wildman–Crippen LogP) is 4.51. The van der Waals surface area contributed by atoms with Crippen molar-refractivity contribution in [2.45, 2.75) is 30.6 Å². The van der Waals surface area contributed by atoms with Gasteiger partial charge >= 0.3 is 0 Å². The molecule has 1 atom stereocenters. The molecule has 4 heteroatoms. The highest BCUT2D eigenvalue weighted by Gasteiger charge is 2.15. The van der Waals surface area contributed by atoms with Crippen LogP contribution in [0, 0.1) is 0 Å². The normalized spacial score (nSPS) is 13.1. The second kappa shape index (κ2) is 6.58. The van der Waals surface area contributed by atoms with Crippen LogP contribution in [0.25, 0.3) is 11.1 Å². The fraction of sp³-hybridized carbons (Fsp3) is 0.294. The van der Waals surface area contributed by atoms with Crippen LogP contribution >= 0.6 is 0 Å². The molecule has 1 N–H and O–H groups in total. The Labute approximate surface area is 130 Å². The summed E-state index contributed by atoms with van der Waals surface area (Å²) in [5, 5.41) is 9.31. The van der Waals surface area contributed by atoms with E-state index in [1.165, 1.54) is 0 Å². The summed E-state index contributed by atoms with van der Waals surface area (Å²) in [4.78, 5) is 0.899. The van der Waals surface area contributed by atoms with Crippen LogP contribution in [0.15, 0.2) is 53.4 Å². The maximum atomic E-state index is 12.3. The molecule has 2 aromatic carbocycles. The summed E-state index contributed by atoms with van der Waals surface area (Å²) >= 11 is 0. The molecule has 2 rings (SSSR count). The Morgan fingerprint density at radius 2 is 1.38 bits per heavy atom. The number of benzene rings is 2. The minimum Gasteiger partial charge on any atom is -0.508 e. The lowest BCUT2D eigenvalue weighted by molar-refractivity contribution is 0.475. The molecule has 0 spiro atoms. The second-order valence-corrected chi connectivity index (χ2v) is 13.6. The minimum absolute atomic E-state index is 0.267. The van der Waals surface area contributed by atoms with Crippen LogP contribution < -0.4 is 0 Å². The van der Waals surface area contributed by atoms with E-state index in [-0.39, 0.29) is 5.75 Å². The fourth-order valence-corrected chi connectivity index (χ4v) is 5.84. The molecule has 0 bridgehead atoms. The number of rotatable bonds is 5. The van der Waals surface area contributed by atoms with E-state index < -0.39 is 18.9 Å². The molecule has 21 heavy (non-hydrogen) atoms. The van der Waals surface area contributed by atoms with Crippen molar-refractivity contribution in [3.8, 4) is 16.9 Å². The molecule has 0 heterocycles. The van der Waals surface area contributed by atoms with Gasteiger partial charge in [-0.1, -0.05) is 43.9 Å². The summed E-state index contributed by atoms with van der Waals surface area (Å²) in [6, 6.07) is 16.1. The second-order valence-electron chi connectivity index (χ2n) is 6.43. The van der Waals surface area contributed by atoms with Crippen molar-refractivity contribution in [2.24, 2.45) is 0 Å². The molecule has 2 aromatic rings.